The van der Waals surface area contributed by atoms with Gasteiger partial charge in [-0.15, -0.1) is 0 Å². The predicted molar refractivity (Wildman–Crippen MR) is 95.5 cm³/mol. The van der Waals surface area contributed by atoms with E-state index in [2.05, 4.69) is 30.3 Å². The van der Waals surface area contributed by atoms with Gasteiger partial charge in [0.2, 0.25) is 0 Å². The normalized spacial score (nSPS) is 19.6. The Kier molecular flexibility index (Phi) is 6.08. The van der Waals surface area contributed by atoms with Crippen molar-refractivity contribution < 1.29 is 9.53 Å². The molecule has 2 fully saturated rings. The van der Waals surface area contributed by atoms with E-state index in [1.807, 2.05) is 15.9 Å². The highest BCUT2D eigenvalue weighted by Gasteiger charge is 2.25. The van der Waals surface area contributed by atoms with E-state index in [0.29, 0.717) is 19.1 Å². The molecule has 0 saturated carbocycles. The Balaban J connectivity index is 1.53. The number of rotatable bonds is 4. The van der Waals surface area contributed by atoms with Gasteiger partial charge < -0.3 is 14.5 Å². The molecular formula is C20H25N3O2. The van der Waals surface area contributed by atoms with Crippen LogP contribution in [0.25, 0.3) is 0 Å². The van der Waals surface area contributed by atoms with Crippen LogP contribution in [0, 0.1) is 17.2 Å². The maximum atomic E-state index is 12.6. The van der Waals surface area contributed by atoms with E-state index in [1.165, 1.54) is 5.56 Å². The first-order chi connectivity index (χ1) is 12.3. The second-order valence-electron chi connectivity index (χ2n) is 6.73. The van der Waals surface area contributed by atoms with Crippen molar-refractivity contribution in [1.82, 2.24) is 9.80 Å². The van der Waals surface area contributed by atoms with Gasteiger partial charge in [0.15, 0.2) is 0 Å². The molecule has 0 radical (unpaired) electrons. The Hall–Kier alpha value is -2.32. The molecule has 0 aliphatic carbocycles. The summed E-state index contributed by atoms with van der Waals surface area (Å²) in [5, 5.41) is 9.38. The summed E-state index contributed by atoms with van der Waals surface area (Å²) in [7, 11) is 0. The summed E-state index contributed by atoms with van der Waals surface area (Å²) < 4.78 is 5.30. The van der Waals surface area contributed by atoms with Crippen molar-refractivity contribution in [3.8, 4) is 6.07 Å². The molecule has 1 aromatic carbocycles. The van der Waals surface area contributed by atoms with E-state index in [9.17, 15) is 10.1 Å². The van der Waals surface area contributed by atoms with Gasteiger partial charge in [-0.1, -0.05) is 30.3 Å². The van der Waals surface area contributed by atoms with E-state index < -0.39 is 0 Å². The number of hydrogen-bond donors (Lipinski definition) is 0. The fourth-order valence-electron chi connectivity index (χ4n) is 3.48. The monoisotopic (exact) mass is 339 g/mol. The first-order valence-electron chi connectivity index (χ1n) is 9.03. The Morgan fingerprint density at radius 2 is 1.84 bits per heavy atom. The van der Waals surface area contributed by atoms with Crippen LogP contribution in [0.5, 0.6) is 0 Å². The Bertz CT molecular complexity index is 637. The minimum absolute atomic E-state index is 0.132. The summed E-state index contributed by atoms with van der Waals surface area (Å²) in [6.07, 6.45) is 4.77. The molecule has 3 rings (SSSR count). The number of piperidine rings is 1. The van der Waals surface area contributed by atoms with Gasteiger partial charge in [-0.2, -0.15) is 5.26 Å². The molecule has 2 saturated heterocycles. The van der Waals surface area contributed by atoms with E-state index >= 15 is 0 Å². The standard InChI is InChI=1S/C20H25N3O2/c21-15-19(16-22-10-12-25-13-11-22)20(24)23-8-6-18(7-9-23)14-17-4-2-1-3-5-17/h1-5,16,18H,6-14H2/b19-16-. The van der Waals surface area contributed by atoms with Crippen LogP contribution in [0.15, 0.2) is 42.1 Å². The lowest BCUT2D eigenvalue weighted by Crippen LogP contribution is -2.40. The van der Waals surface area contributed by atoms with Crippen molar-refractivity contribution in [2.24, 2.45) is 5.92 Å². The number of amides is 1. The van der Waals surface area contributed by atoms with Gasteiger partial charge in [-0.05, 0) is 30.7 Å². The maximum Gasteiger partial charge on any atom is 0.266 e. The third-order valence-corrected chi connectivity index (χ3v) is 4.98. The summed E-state index contributed by atoms with van der Waals surface area (Å²) in [4.78, 5) is 16.5. The topological polar surface area (TPSA) is 56.6 Å². The fourth-order valence-corrected chi connectivity index (χ4v) is 3.48. The lowest BCUT2D eigenvalue weighted by Gasteiger charge is -2.32. The average Bonchev–Trinajstić information content (AvgIpc) is 2.68. The second-order valence-corrected chi connectivity index (χ2v) is 6.73. The number of nitrogens with zero attached hydrogens (tertiary/aromatic N) is 3. The molecule has 5 nitrogen and oxygen atoms in total. The summed E-state index contributed by atoms with van der Waals surface area (Å²) >= 11 is 0. The summed E-state index contributed by atoms with van der Waals surface area (Å²) in [5.74, 6) is 0.479. The summed E-state index contributed by atoms with van der Waals surface area (Å²) in [6.45, 7) is 4.23. The molecule has 0 bridgehead atoms. The minimum Gasteiger partial charge on any atom is -0.378 e. The van der Waals surface area contributed by atoms with Crippen LogP contribution in [-0.4, -0.2) is 55.1 Å². The SMILES string of the molecule is N#C/C(=C/N1CCOCC1)C(=O)N1CCC(Cc2ccccc2)CC1. The van der Waals surface area contributed by atoms with Crippen LogP contribution < -0.4 is 0 Å². The highest BCUT2D eigenvalue weighted by Crippen LogP contribution is 2.22. The molecule has 0 spiro atoms. The van der Waals surface area contributed by atoms with Crippen LogP contribution in [0.4, 0.5) is 0 Å². The molecule has 5 heteroatoms. The Morgan fingerprint density at radius 1 is 1.16 bits per heavy atom. The van der Waals surface area contributed by atoms with Crippen LogP contribution in [0.1, 0.15) is 18.4 Å². The molecule has 1 amide bonds. The van der Waals surface area contributed by atoms with Gasteiger partial charge in [0.05, 0.1) is 13.2 Å². The fraction of sp³-hybridized carbons (Fsp3) is 0.500. The summed E-state index contributed by atoms with van der Waals surface area (Å²) in [6, 6.07) is 12.6. The van der Waals surface area contributed by atoms with Gasteiger partial charge in [0, 0.05) is 32.4 Å². The Morgan fingerprint density at radius 3 is 2.48 bits per heavy atom. The molecule has 0 unspecified atom stereocenters. The van der Waals surface area contributed by atoms with E-state index in [4.69, 9.17) is 4.74 Å². The van der Waals surface area contributed by atoms with Gasteiger partial charge >= 0.3 is 0 Å². The average molecular weight is 339 g/mol. The molecular weight excluding hydrogens is 314 g/mol. The van der Waals surface area contributed by atoms with Gasteiger partial charge in [0.1, 0.15) is 11.6 Å². The molecule has 1 aromatic rings. The Labute approximate surface area is 149 Å². The van der Waals surface area contributed by atoms with E-state index in [0.717, 1.165) is 45.4 Å². The molecule has 2 heterocycles. The van der Waals surface area contributed by atoms with Crippen molar-refractivity contribution in [3.05, 3.63) is 47.7 Å². The number of likely N-dealkylation sites (tertiary alicyclic amines) is 1. The zero-order chi connectivity index (χ0) is 17.5. The number of morpholine rings is 1. The van der Waals surface area contributed by atoms with Crippen molar-refractivity contribution in [2.75, 3.05) is 39.4 Å². The number of nitriles is 1. The van der Waals surface area contributed by atoms with Gasteiger partial charge in [0.25, 0.3) is 5.91 Å². The van der Waals surface area contributed by atoms with Crippen LogP contribution in [0.3, 0.4) is 0 Å². The predicted octanol–water partition coefficient (Wildman–Crippen LogP) is 2.21. The number of carbonyl (C=O) groups is 1. The zero-order valence-electron chi connectivity index (χ0n) is 14.6. The second kappa shape index (κ2) is 8.68. The number of hydrogen-bond acceptors (Lipinski definition) is 4. The molecule has 25 heavy (non-hydrogen) atoms. The number of benzene rings is 1. The zero-order valence-corrected chi connectivity index (χ0v) is 14.6. The lowest BCUT2D eigenvalue weighted by atomic mass is 9.90. The molecule has 132 valence electrons. The molecule has 0 aromatic heterocycles. The highest BCUT2D eigenvalue weighted by atomic mass is 16.5. The largest absolute Gasteiger partial charge is 0.378 e. The lowest BCUT2D eigenvalue weighted by molar-refractivity contribution is -0.128. The highest BCUT2D eigenvalue weighted by molar-refractivity contribution is 5.97. The third-order valence-electron chi connectivity index (χ3n) is 4.98. The number of ether oxygens (including phenoxy) is 1. The molecule has 0 N–H and O–H groups in total. The van der Waals surface area contributed by atoms with Crippen molar-refractivity contribution in [2.45, 2.75) is 19.3 Å². The number of carbonyl (C=O) groups excluding carboxylic acids is 1. The van der Waals surface area contributed by atoms with Crippen LogP contribution in [0.2, 0.25) is 0 Å². The van der Waals surface area contributed by atoms with Crippen molar-refractivity contribution >= 4 is 5.91 Å². The quantitative estimate of drug-likeness (QED) is 0.623. The maximum absolute atomic E-state index is 12.6. The first-order valence-corrected chi connectivity index (χ1v) is 9.03. The minimum atomic E-state index is -0.132. The van der Waals surface area contributed by atoms with E-state index in [-0.39, 0.29) is 11.5 Å². The van der Waals surface area contributed by atoms with Crippen LogP contribution >= 0.6 is 0 Å². The van der Waals surface area contributed by atoms with Crippen molar-refractivity contribution in [1.29, 1.82) is 5.26 Å². The molecule has 2 aliphatic rings. The smallest absolute Gasteiger partial charge is 0.266 e. The summed E-state index contributed by atoms with van der Waals surface area (Å²) in [5.41, 5.74) is 1.60. The third kappa shape index (κ3) is 4.83. The van der Waals surface area contributed by atoms with Gasteiger partial charge in [-0.25, -0.2) is 0 Å². The van der Waals surface area contributed by atoms with Crippen LogP contribution in [-0.2, 0) is 16.0 Å². The molecule has 2 aliphatic heterocycles. The van der Waals surface area contributed by atoms with Crippen molar-refractivity contribution in [3.63, 3.8) is 0 Å². The van der Waals surface area contributed by atoms with E-state index in [1.54, 1.807) is 6.20 Å². The first kappa shape index (κ1) is 17.5. The van der Waals surface area contributed by atoms with Gasteiger partial charge in [-0.3, -0.25) is 4.79 Å². The molecule has 0 atom stereocenters.